The molecule has 112 valence electrons. The van der Waals surface area contributed by atoms with Gasteiger partial charge in [0.25, 0.3) is 5.91 Å². The average Bonchev–Trinajstić information content (AvgIpc) is 2.35. The van der Waals surface area contributed by atoms with Crippen molar-refractivity contribution in [1.29, 1.82) is 0 Å². The molecule has 0 aromatic heterocycles. The minimum Gasteiger partial charge on any atom is -0.503 e. The van der Waals surface area contributed by atoms with Gasteiger partial charge in [-0.3, -0.25) is 4.79 Å². The van der Waals surface area contributed by atoms with E-state index in [1.165, 1.54) is 0 Å². The topological polar surface area (TPSA) is 49.3 Å². The van der Waals surface area contributed by atoms with Crippen LogP contribution in [0.3, 0.4) is 0 Å². The van der Waals surface area contributed by atoms with Gasteiger partial charge in [0.15, 0.2) is 17.4 Å². The molecule has 1 amide bonds. The van der Waals surface area contributed by atoms with E-state index in [1.54, 1.807) is 11.8 Å². The van der Waals surface area contributed by atoms with Gasteiger partial charge in [0.1, 0.15) is 0 Å². The first-order chi connectivity index (χ1) is 9.13. The second-order valence-electron chi connectivity index (χ2n) is 5.10. The van der Waals surface area contributed by atoms with Crippen molar-refractivity contribution < 1.29 is 23.1 Å². The number of hydrogen-bond acceptors (Lipinski definition) is 3. The number of benzene rings is 1. The Labute approximate surface area is 119 Å². The summed E-state index contributed by atoms with van der Waals surface area (Å²) < 4.78 is 39.4. The molecule has 1 aromatic carbocycles. The van der Waals surface area contributed by atoms with Gasteiger partial charge in [0.2, 0.25) is 5.82 Å². The van der Waals surface area contributed by atoms with Crippen molar-refractivity contribution >= 4 is 17.7 Å². The molecule has 0 atom stereocenters. The molecule has 1 rings (SSSR count). The van der Waals surface area contributed by atoms with Gasteiger partial charge in [-0.05, 0) is 6.07 Å². The average molecular weight is 307 g/mol. The SMILES string of the molecule is CC(C)(C)SCCNC(=O)c1cc(F)c(F)c(O)c1F. The quantitative estimate of drug-likeness (QED) is 0.664. The van der Waals surface area contributed by atoms with Crippen LogP contribution in [0.25, 0.3) is 0 Å². The lowest BCUT2D eigenvalue weighted by atomic mass is 10.1. The molecule has 7 heteroatoms. The zero-order chi connectivity index (χ0) is 15.5. The number of thioether (sulfide) groups is 1. The van der Waals surface area contributed by atoms with Crippen LogP contribution in [0.1, 0.15) is 31.1 Å². The number of hydrogen-bond donors (Lipinski definition) is 2. The maximum absolute atomic E-state index is 13.5. The molecule has 20 heavy (non-hydrogen) atoms. The monoisotopic (exact) mass is 307 g/mol. The van der Waals surface area contributed by atoms with E-state index < -0.39 is 34.7 Å². The first kappa shape index (κ1) is 16.7. The lowest BCUT2D eigenvalue weighted by Gasteiger charge is -2.17. The van der Waals surface area contributed by atoms with Gasteiger partial charge in [-0.1, -0.05) is 20.8 Å². The van der Waals surface area contributed by atoms with Crippen molar-refractivity contribution in [2.24, 2.45) is 0 Å². The first-order valence-electron chi connectivity index (χ1n) is 5.92. The Bertz CT molecular complexity index is 515. The minimum absolute atomic E-state index is 0.0240. The number of rotatable bonds is 4. The van der Waals surface area contributed by atoms with Crippen molar-refractivity contribution in [2.75, 3.05) is 12.3 Å². The van der Waals surface area contributed by atoms with Gasteiger partial charge in [-0.25, -0.2) is 8.78 Å². The number of halogens is 3. The highest BCUT2D eigenvalue weighted by Crippen LogP contribution is 2.26. The summed E-state index contributed by atoms with van der Waals surface area (Å²) in [6.07, 6.45) is 0. The molecule has 2 N–H and O–H groups in total. The van der Waals surface area contributed by atoms with Gasteiger partial charge in [0.05, 0.1) is 5.56 Å². The molecule has 0 aliphatic rings. The molecule has 0 fully saturated rings. The molecule has 3 nitrogen and oxygen atoms in total. The highest BCUT2D eigenvalue weighted by atomic mass is 32.2. The van der Waals surface area contributed by atoms with E-state index in [4.69, 9.17) is 5.11 Å². The third-order valence-electron chi connectivity index (χ3n) is 2.30. The molecular weight excluding hydrogens is 291 g/mol. The summed E-state index contributed by atoms with van der Waals surface area (Å²) >= 11 is 1.59. The lowest BCUT2D eigenvalue weighted by Crippen LogP contribution is -2.28. The molecule has 0 unspecified atom stereocenters. The number of phenolic OH excluding ortho intramolecular Hbond substituents is 1. The van der Waals surface area contributed by atoms with E-state index in [-0.39, 0.29) is 11.3 Å². The summed E-state index contributed by atoms with van der Waals surface area (Å²) in [6.45, 7) is 6.27. The second kappa shape index (κ2) is 6.39. The van der Waals surface area contributed by atoms with E-state index >= 15 is 0 Å². The fraction of sp³-hybridized carbons (Fsp3) is 0.462. The number of carbonyl (C=O) groups is 1. The van der Waals surface area contributed by atoms with Crippen molar-refractivity contribution in [1.82, 2.24) is 5.32 Å². The van der Waals surface area contributed by atoms with Crippen molar-refractivity contribution in [3.63, 3.8) is 0 Å². The molecule has 0 bridgehead atoms. The van der Waals surface area contributed by atoms with E-state index in [2.05, 4.69) is 5.32 Å². The zero-order valence-electron chi connectivity index (χ0n) is 11.4. The standard InChI is InChI=1S/C13H16F3NO2S/c1-13(2,3)20-5-4-17-12(19)7-6-8(14)10(16)11(18)9(7)15/h6,18H,4-5H2,1-3H3,(H,17,19). The van der Waals surface area contributed by atoms with Crippen LogP contribution < -0.4 is 5.32 Å². The van der Waals surface area contributed by atoms with Gasteiger partial charge in [-0.2, -0.15) is 16.2 Å². The number of carbonyl (C=O) groups excluding carboxylic acids is 1. The van der Waals surface area contributed by atoms with Crippen LogP contribution >= 0.6 is 11.8 Å². The van der Waals surface area contributed by atoms with E-state index in [0.717, 1.165) is 0 Å². The number of phenols is 1. The van der Waals surface area contributed by atoms with Crippen LogP contribution in [0.2, 0.25) is 0 Å². The molecule has 0 spiro atoms. The maximum Gasteiger partial charge on any atom is 0.254 e. The third kappa shape index (κ3) is 4.33. The van der Waals surface area contributed by atoms with E-state index in [1.807, 2.05) is 20.8 Å². The van der Waals surface area contributed by atoms with Gasteiger partial charge in [-0.15, -0.1) is 0 Å². The van der Waals surface area contributed by atoms with Crippen LogP contribution in [-0.2, 0) is 0 Å². The largest absolute Gasteiger partial charge is 0.503 e. The highest BCUT2D eigenvalue weighted by molar-refractivity contribution is 8.00. The predicted molar refractivity (Wildman–Crippen MR) is 72.5 cm³/mol. The fourth-order valence-corrected chi connectivity index (χ4v) is 2.19. The molecule has 0 aliphatic heterocycles. The summed E-state index contributed by atoms with van der Waals surface area (Å²) in [4.78, 5) is 11.6. The van der Waals surface area contributed by atoms with Crippen LogP contribution in [0, 0.1) is 17.5 Å². The lowest BCUT2D eigenvalue weighted by molar-refractivity contribution is 0.0950. The molecule has 0 saturated heterocycles. The fourth-order valence-electron chi connectivity index (χ4n) is 1.37. The molecule has 0 radical (unpaired) electrons. The molecule has 0 saturated carbocycles. The predicted octanol–water partition coefficient (Wildman–Crippen LogP) is 3.07. The zero-order valence-corrected chi connectivity index (χ0v) is 12.2. The Balaban J connectivity index is 2.70. The van der Waals surface area contributed by atoms with Crippen LogP contribution in [0.15, 0.2) is 6.07 Å². The van der Waals surface area contributed by atoms with Crippen molar-refractivity contribution in [2.45, 2.75) is 25.5 Å². The first-order valence-corrected chi connectivity index (χ1v) is 6.90. The summed E-state index contributed by atoms with van der Waals surface area (Å²) in [7, 11) is 0. The Hall–Kier alpha value is -1.37. The highest BCUT2D eigenvalue weighted by Gasteiger charge is 2.22. The summed E-state index contributed by atoms with van der Waals surface area (Å²) in [5.74, 6) is -6.44. The van der Waals surface area contributed by atoms with E-state index in [9.17, 15) is 18.0 Å². The van der Waals surface area contributed by atoms with Gasteiger partial charge < -0.3 is 10.4 Å². The molecule has 0 heterocycles. The van der Waals surface area contributed by atoms with Gasteiger partial charge in [0, 0.05) is 17.0 Å². The third-order valence-corrected chi connectivity index (χ3v) is 3.57. The number of aromatic hydroxyl groups is 1. The van der Waals surface area contributed by atoms with Crippen LogP contribution in [-0.4, -0.2) is 28.1 Å². The summed E-state index contributed by atoms with van der Waals surface area (Å²) in [5.41, 5.74) is -0.720. The normalized spacial score (nSPS) is 11.5. The van der Waals surface area contributed by atoms with Crippen molar-refractivity contribution in [3.8, 4) is 5.75 Å². The molecular formula is C13H16F3NO2S. The van der Waals surface area contributed by atoms with Crippen LogP contribution in [0.4, 0.5) is 13.2 Å². The second-order valence-corrected chi connectivity index (χ2v) is 7.02. The molecule has 0 aliphatic carbocycles. The summed E-state index contributed by atoms with van der Waals surface area (Å²) in [6, 6.07) is 0.427. The summed E-state index contributed by atoms with van der Waals surface area (Å²) in [5, 5.41) is 11.4. The Morgan fingerprint density at radius 3 is 2.45 bits per heavy atom. The Morgan fingerprint density at radius 2 is 1.90 bits per heavy atom. The maximum atomic E-state index is 13.5. The Kier molecular flexibility index (Phi) is 5.33. The smallest absolute Gasteiger partial charge is 0.254 e. The molecule has 1 aromatic rings. The minimum atomic E-state index is -1.71. The van der Waals surface area contributed by atoms with E-state index in [0.29, 0.717) is 11.8 Å². The van der Waals surface area contributed by atoms with Crippen LogP contribution in [0.5, 0.6) is 5.75 Å². The number of nitrogens with one attached hydrogen (secondary N) is 1. The number of amides is 1. The van der Waals surface area contributed by atoms with Gasteiger partial charge >= 0.3 is 0 Å². The Morgan fingerprint density at radius 1 is 1.30 bits per heavy atom. The van der Waals surface area contributed by atoms with Crippen molar-refractivity contribution in [3.05, 3.63) is 29.1 Å².